The van der Waals surface area contributed by atoms with E-state index in [9.17, 15) is 0 Å². The van der Waals surface area contributed by atoms with E-state index in [0.29, 0.717) is 6.04 Å². The average molecular weight is 284 g/mol. The quantitative estimate of drug-likeness (QED) is 0.900. The molecule has 0 spiro atoms. The second-order valence-corrected chi connectivity index (χ2v) is 5.34. The maximum atomic E-state index is 9.08. The molecule has 0 saturated carbocycles. The molecular formula is C13H18BrNO. The topological polar surface area (TPSA) is 23.5 Å². The minimum absolute atomic E-state index is 0.106. The van der Waals surface area contributed by atoms with Gasteiger partial charge in [-0.1, -0.05) is 6.07 Å². The number of rotatable bonds is 2. The van der Waals surface area contributed by atoms with Gasteiger partial charge in [-0.25, -0.2) is 0 Å². The summed E-state index contributed by atoms with van der Waals surface area (Å²) in [4.78, 5) is 2.45. The van der Waals surface area contributed by atoms with E-state index >= 15 is 0 Å². The summed E-state index contributed by atoms with van der Waals surface area (Å²) in [6, 6.07) is 6.74. The molecule has 2 nitrogen and oxygen atoms in total. The minimum atomic E-state index is 0.106. The second-order valence-electron chi connectivity index (χ2n) is 4.48. The Morgan fingerprint density at radius 2 is 2.25 bits per heavy atom. The Balaban J connectivity index is 2.25. The summed E-state index contributed by atoms with van der Waals surface area (Å²) in [7, 11) is 0. The van der Waals surface area contributed by atoms with Crippen LogP contribution in [0.25, 0.3) is 0 Å². The molecule has 0 aliphatic carbocycles. The lowest BCUT2D eigenvalue weighted by molar-refractivity contribution is 0.282. The van der Waals surface area contributed by atoms with E-state index in [1.807, 2.05) is 12.1 Å². The van der Waals surface area contributed by atoms with Gasteiger partial charge in [0.2, 0.25) is 0 Å². The van der Waals surface area contributed by atoms with Crippen LogP contribution in [-0.4, -0.2) is 17.7 Å². The highest BCUT2D eigenvalue weighted by molar-refractivity contribution is 9.10. The molecule has 16 heavy (non-hydrogen) atoms. The van der Waals surface area contributed by atoms with Crippen molar-refractivity contribution < 1.29 is 5.11 Å². The molecule has 0 aromatic heterocycles. The first kappa shape index (κ1) is 11.9. The van der Waals surface area contributed by atoms with Crippen LogP contribution in [0.15, 0.2) is 22.7 Å². The molecule has 88 valence electrons. The van der Waals surface area contributed by atoms with E-state index in [2.05, 4.69) is 33.8 Å². The molecule has 1 fully saturated rings. The molecule has 2 rings (SSSR count). The molecule has 3 heteroatoms. The van der Waals surface area contributed by atoms with E-state index in [0.717, 1.165) is 16.6 Å². The molecule has 1 aromatic rings. The van der Waals surface area contributed by atoms with Crippen molar-refractivity contribution in [1.29, 1.82) is 0 Å². The zero-order chi connectivity index (χ0) is 11.5. The van der Waals surface area contributed by atoms with Crippen molar-refractivity contribution in [2.45, 2.75) is 38.8 Å². The van der Waals surface area contributed by atoms with Crippen LogP contribution in [-0.2, 0) is 6.61 Å². The predicted octanol–water partition coefficient (Wildman–Crippen LogP) is 3.32. The number of hydrogen-bond acceptors (Lipinski definition) is 2. The minimum Gasteiger partial charge on any atom is -0.392 e. The van der Waals surface area contributed by atoms with Crippen LogP contribution in [0, 0.1) is 0 Å². The largest absolute Gasteiger partial charge is 0.392 e. The third kappa shape index (κ3) is 2.41. The molecule has 1 saturated heterocycles. The molecule has 1 N–H and O–H groups in total. The smallest absolute Gasteiger partial charge is 0.0682 e. The molecule has 1 unspecified atom stereocenters. The molecular weight excluding hydrogens is 266 g/mol. The molecule has 1 aliphatic heterocycles. The zero-order valence-corrected chi connectivity index (χ0v) is 11.2. The van der Waals surface area contributed by atoms with Crippen LogP contribution in [0.1, 0.15) is 31.7 Å². The van der Waals surface area contributed by atoms with Gasteiger partial charge in [0.05, 0.1) is 12.3 Å². The fraction of sp³-hybridized carbons (Fsp3) is 0.538. The van der Waals surface area contributed by atoms with Gasteiger partial charge in [0, 0.05) is 17.1 Å². The van der Waals surface area contributed by atoms with E-state index in [-0.39, 0.29) is 6.61 Å². The summed E-state index contributed by atoms with van der Waals surface area (Å²) in [5.74, 6) is 0. The molecule has 1 aromatic carbocycles. The van der Waals surface area contributed by atoms with Crippen molar-refractivity contribution in [2.75, 3.05) is 11.4 Å². The zero-order valence-electron chi connectivity index (χ0n) is 9.62. The number of piperidine rings is 1. The fourth-order valence-corrected chi connectivity index (χ4v) is 2.99. The van der Waals surface area contributed by atoms with Gasteiger partial charge >= 0.3 is 0 Å². The molecule has 1 aliphatic rings. The Hall–Kier alpha value is -0.540. The molecule has 1 atom stereocenters. The number of aliphatic hydroxyl groups is 1. The van der Waals surface area contributed by atoms with Gasteiger partial charge < -0.3 is 10.0 Å². The van der Waals surface area contributed by atoms with Crippen molar-refractivity contribution in [3.63, 3.8) is 0 Å². The Morgan fingerprint density at radius 3 is 2.88 bits per heavy atom. The molecule has 0 radical (unpaired) electrons. The average Bonchev–Trinajstić information content (AvgIpc) is 2.30. The van der Waals surface area contributed by atoms with Crippen LogP contribution in [0.3, 0.4) is 0 Å². The van der Waals surface area contributed by atoms with E-state index in [1.165, 1.54) is 24.9 Å². The number of aliphatic hydroxyl groups excluding tert-OH is 1. The van der Waals surface area contributed by atoms with Crippen molar-refractivity contribution >= 4 is 21.6 Å². The van der Waals surface area contributed by atoms with E-state index in [4.69, 9.17) is 5.11 Å². The Kier molecular flexibility index (Phi) is 3.87. The fourth-order valence-electron chi connectivity index (χ4n) is 2.34. The summed E-state index contributed by atoms with van der Waals surface area (Å²) in [6.45, 7) is 3.53. The Bertz CT molecular complexity index is 367. The van der Waals surface area contributed by atoms with Crippen molar-refractivity contribution in [3.05, 3.63) is 28.2 Å². The normalized spacial score (nSPS) is 21.2. The summed E-state index contributed by atoms with van der Waals surface area (Å²) < 4.78 is 1.09. The van der Waals surface area contributed by atoms with Gasteiger partial charge in [-0.3, -0.25) is 0 Å². The maximum Gasteiger partial charge on any atom is 0.0682 e. The third-order valence-corrected chi connectivity index (χ3v) is 3.94. The van der Waals surface area contributed by atoms with Crippen molar-refractivity contribution in [2.24, 2.45) is 0 Å². The third-order valence-electron chi connectivity index (χ3n) is 3.31. The van der Waals surface area contributed by atoms with E-state index in [1.54, 1.807) is 0 Å². The number of halogens is 1. The summed E-state index contributed by atoms with van der Waals surface area (Å²) in [5, 5.41) is 9.08. The molecule has 0 amide bonds. The lowest BCUT2D eigenvalue weighted by Crippen LogP contribution is -2.37. The number of nitrogens with zero attached hydrogens (tertiary/aromatic N) is 1. The van der Waals surface area contributed by atoms with Gasteiger partial charge in [-0.2, -0.15) is 0 Å². The van der Waals surface area contributed by atoms with Crippen LogP contribution < -0.4 is 4.90 Å². The van der Waals surface area contributed by atoms with Gasteiger partial charge in [0.25, 0.3) is 0 Å². The second kappa shape index (κ2) is 5.19. The van der Waals surface area contributed by atoms with Gasteiger partial charge in [-0.05, 0) is 59.8 Å². The van der Waals surface area contributed by atoms with Crippen LogP contribution in [0.5, 0.6) is 0 Å². The first-order chi connectivity index (χ1) is 7.72. The highest BCUT2D eigenvalue weighted by atomic mass is 79.9. The van der Waals surface area contributed by atoms with Crippen molar-refractivity contribution in [1.82, 2.24) is 0 Å². The lowest BCUT2D eigenvalue weighted by atomic mass is 10.0. The summed E-state index contributed by atoms with van der Waals surface area (Å²) >= 11 is 3.60. The first-order valence-electron chi connectivity index (χ1n) is 5.88. The van der Waals surface area contributed by atoms with Crippen LogP contribution >= 0.6 is 15.9 Å². The van der Waals surface area contributed by atoms with Crippen LogP contribution in [0.4, 0.5) is 5.69 Å². The number of hydrogen-bond donors (Lipinski definition) is 1. The highest BCUT2D eigenvalue weighted by Gasteiger charge is 2.20. The standard InChI is InChI=1S/C13H18BrNO/c1-10-4-2-3-7-15(10)13-6-5-11(9-16)8-12(13)14/h5-6,8,10,16H,2-4,7,9H2,1H3. The van der Waals surface area contributed by atoms with Crippen molar-refractivity contribution in [3.8, 4) is 0 Å². The highest BCUT2D eigenvalue weighted by Crippen LogP contribution is 2.32. The summed E-state index contributed by atoms with van der Waals surface area (Å²) in [5.41, 5.74) is 2.21. The van der Waals surface area contributed by atoms with Gasteiger partial charge in [-0.15, -0.1) is 0 Å². The van der Waals surface area contributed by atoms with Crippen LogP contribution in [0.2, 0.25) is 0 Å². The summed E-state index contributed by atoms with van der Waals surface area (Å²) in [6.07, 6.45) is 3.89. The monoisotopic (exact) mass is 283 g/mol. The number of anilines is 1. The van der Waals surface area contributed by atoms with Gasteiger partial charge in [0.1, 0.15) is 0 Å². The Labute approximate surface area is 105 Å². The first-order valence-corrected chi connectivity index (χ1v) is 6.67. The molecule has 0 bridgehead atoms. The van der Waals surface area contributed by atoms with Gasteiger partial charge in [0.15, 0.2) is 0 Å². The SMILES string of the molecule is CC1CCCCN1c1ccc(CO)cc1Br. The lowest BCUT2D eigenvalue weighted by Gasteiger charge is -2.36. The maximum absolute atomic E-state index is 9.08. The van der Waals surface area contributed by atoms with E-state index < -0.39 is 0 Å². The molecule has 1 heterocycles. The Morgan fingerprint density at radius 1 is 1.44 bits per heavy atom. The predicted molar refractivity (Wildman–Crippen MR) is 70.7 cm³/mol. The number of benzene rings is 1.